The van der Waals surface area contributed by atoms with Gasteiger partial charge < -0.3 is 4.74 Å². The molecule has 84 valence electrons. The second kappa shape index (κ2) is 4.92. The van der Waals surface area contributed by atoms with Crippen molar-refractivity contribution in [2.24, 2.45) is 0 Å². The molecular formula is C11H17BrN2O. The van der Waals surface area contributed by atoms with Crippen LogP contribution in [0.4, 0.5) is 0 Å². The Morgan fingerprint density at radius 1 is 1.33 bits per heavy atom. The molecule has 3 nitrogen and oxygen atoms in total. The first-order chi connectivity index (χ1) is 6.90. The molecule has 0 fully saturated rings. The van der Waals surface area contributed by atoms with Gasteiger partial charge >= 0.3 is 0 Å². The zero-order chi connectivity index (χ0) is 11.5. The van der Waals surface area contributed by atoms with Gasteiger partial charge in [0.25, 0.3) is 0 Å². The van der Waals surface area contributed by atoms with Crippen LogP contribution in [0.5, 0.6) is 5.88 Å². The molecule has 15 heavy (non-hydrogen) atoms. The molecule has 0 N–H and O–H groups in total. The molecule has 0 aliphatic rings. The van der Waals surface area contributed by atoms with Gasteiger partial charge in [0.2, 0.25) is 5.88 Å². The highest BCUT2D eigenvalue weighted by Crippen LogP contribution is 2.19. The summed E-state index contributed by atoms with van der Waals surface area (Å²) in [5.41, 5.74) is -0.225. The molecule has 1 aromatic rings. The normalized spacial score (nSPS) is 11.5. The molecule has 0 unspecified atom stereocenters. The average Bonchev–Trinajstić information content (AvgIpc) is 1.99. The van der Waals surface area contributed by atoms with Gasteiger partial charge in [-0.15, -0.1) is 0 Å². The Bertz CT molecular complexity index is 334. The van der Waals surface area contributed by atoms with E-state index < -0.39 is 0 Å². The molecule has 1 aromatic heterocycles. The van der Waals surface area contributed by atoms with E-state index in [9.17, 15) is 0 Å². The van der Waals surface area contributed by atoms with Gasteiger partial charge in [-0.2, -0.15) is 4.98 Å². The summed E-state index contributed by atoms with van der Waals surface area (Å²) in [5, 5.41) is 0. The van der Waals surface area contributed by atoms with Crippen LogP contribution in [0.2, 0.25) is 0 Å². The van der Waals surface area contributed by atoms with Gasteiger partial charge in [0, 0.05) is 12.5 Å². The minimum absolute atomic E-state index is 0.225. The fourth-order valence-corrected chi connectivity index (χ4v) is 1.54. The lowest BCUT2D eigenvalue weighted by atomic mass is 10.2. The van der Waals surface area contributed by atoms with Crippen molar-refractivity contribution in [1.82, 2.24) is 9.97 Å². The summed E-state index contributed by atoms with van der Waals surface area (Å²) < 4.78 is 6.47. The first-order valence-electron chi connectivity index (χ1n) is 5.13. The van der Waals surface area contributed by atoms with Crippen LogP contribution in [0.25, 0.3) is 0 Å². The summed E-state index contributed by atoms with van der Waals surface area (Å²) in [5.74, 6) is 1.46. The van der Waals surface area contributed by atoms with Gasteiger partial charge in [-0.05, 0) is 43.1 Å². The number of nitrogens with zero attached hydrogens (tertiary/aromatic N) is 2. The summed E-state index contributed by atoms with van der Waals surface area (Å²) in [4.78, 5) is 8.62. The Hall–Kier alpha value is -0.640. The van der Waals surface area contributed by atoms with E-state index in [1.54, 1.807) is 6.07 Å². The van der Waals surface area contributed by atoms with Gasteiger partial charge in [-0.1, -0.05) is 6.92 Å². The van der Waals surface area contributed by atoms with E-state index in [-0.39, 0.29) is 5.60 Å². The van der Waals surface area contributed by atoms with Gasteiger partial charge in [0.15, 0.2) is 0 Å². The summed E-state index contributed by atoms with van der Waals surface area (Å²) in [6.45, 7) is 8.11. The molecule has 0 aliphatic carbocycles. The van der Waals surface area contributed by atoms with E-state index in [1.165, 1.54) is 0 Å². The van der Waals surface area contributed by atoms with E-state index in [4.69, 9.17) is 4.74 Å². The fraction of sp³-hybridized carbons (Fsp3) is 0.636. The Balaban J connectivity index is 2.88. The van der Waals surface area contributed by atoms with E-state index in [1.807, 2.05) is 20.8 Å². The topological polar surface area (TPSA) is 35.0 Å². The SMILES string of the molecule is CCCc1nc(Br)cc(OC(C)(C)C)n1. The molecule has 0 aromatic carbocycles. The molecular weight excluding hydrogens is 256 g/mol. The molecule has 0 radical (unpaired) electrons. The summed E-state index contributed by atoms with van der Waals surface area (Å²) in [7, 11) is 0. The lowest BCUT2D eigenvalue weighted by Crippen LogP contribution is -2.23. The second-order valence-electron chi connectivity index (χ2n) is 4.41. The largest absolute Gasteiger partial charge is 0.472 e. The molecule has 0 bridgehead atoms. The van der Waals surface area contributed by atoms with Crippen LogP contribution in [-0.4, -0.2) is 15.6 Å². The highest BCUT2D eigenvalue weighted by molar-refractivity contribution is 9.10. The molecule has 1 heterocycles. The third-order valence-corrected chi connectivity index (χ3v) is 2.01. The van der Waals surface area contributed by atoms with Crippen molar-refractivity contribution in [2.75, 3.05) is 0 Å². The summed E-state index contributed by atoms with van der Waals surface area (Å²) in [6.07, 6.45) is 1.91. The first-order valence-corrected chi connectivity index (χ1v) is 5.92. The summed E-state index contributed by atoms with van der Waals surface area (Å²) >= 11 is 3.36. The lowest BCUT2D eigenvalue weighted by Gasteiger charge is -2.20. The summed E-state index contributed by atoms with van der Waals surface area (Å²) in [6, 6.07) is 1.80. The van der Waals surface area contributed by atoms with E-state index in [0.717, 1.165) is 23.3 Å². The number of aryl methyl sites for hydroxylation is 1. The van der Waals surface area contributed by atoms with Crippen LogP contribution >= 0.6 is 15.9 Å². The highest BCUT2D eigenvalue weighted by atomic mass is 79.9. The quantitative estimate of drug-likeness (QED) is 0.792. The second-order valence-corrected chi connectivity index (χ2v) is 5.22. The first kappa shape index (κ1) is 12.4. The number of rotatable bonds is 3. The van der Waals surface area contributed by atoms with E-state index in [0.29, 0.717) is 5.88 Å². The molecule has 0 saturated carbocycles. The number of hydrogen-bond donors (Lipinski definition) is 0. The Morgan fingerprint density at radius 2 is 2.00 bits per heavy atom. The molecule has 0 saturated heterocycles. The zero-order valence-electron chi connectivity index (χ0n) is 9.67. The van der Waals surface area contributed by atoms with Crippen molar-refractivity contribution in [1.29, 1.82) is 0 Å². The number of ether oxygens (including phenoxy) is 1. The van der Waals surface area contributed by atoms with Crippen molar-refractivity contribution in [2.45, 2.75) is 46.1 Å². The Morgan fingerprint density at radius 3 is 2.53 bits per heavy atom. The van der Waals surface area contributed by atoms with Gasteiger partial charge in [0.05, 0.1) is 0 Å². The van der Waals surface area contributed by atoms with Crippen molar-refractivity contribution in [3.8, 4) is 5.88 Å². The number of hydrogen-bond acceptors (Lipinski definition) is 3. The van der Waals surface area contributed by atoms with Crippen LogP contribution in [0.1, 0.15) is 39.9 Å². The standard InChI is InChI=1S/C11H17BrN2O/c1-5-6-9-13-8(12)7-10(14-9)15-11(2,3)4/h7H,5-6H2,1-4H3. The van der Waals surface area contributed by atoms with Crippen LogP contribution in [-0.2, 0) is 6.42 Å². The van der Waals surface area contributed by atoms with Crippen molar-refractivity contribution in [3.05, 3.63) is 16.5 Å². The van der Waals surface area contributed by atoms with Crippen LogP contribution in [0, 0.1) is 0 Å². The number of aromatic nitrogens is 2. The Labute approximate surface area is 99.4 Å². The monoisotopic (exact) mass is 272 g/mol. The lowest BCUT2D eigenvalue weighted by molar-refractivity contribution is 0.123. The molecule has 0 spiro atoms. The minimum atomic E-state index is -0.225. The highest BCUT2D eigenvalue weighted by Gasteiger charge is 2.14. The number of halogens is 1. The van der Waals surface area contributed by atoms with Gasteiger partial charge in [0.1, 0.15) is 16.0 Å². The Kier molecular flexibility index (Phi) is 4.08. The fourth-order valence-electron chi connectivity index (χ4n) is 1.14. The van der Waals surface area contributed by atoms with Gasteiger partial charge in [-0.3, -0.25) is 0 Å². The van der Waals surface area contributed by atoms with E-state index >= 15 is 0 Å². The average molecular weight is 273 g/mol. The third-order valence-electron chi connectivity index (χ3n) is 1.60. The molecule has 0 amide bonds. The van der Waals surface area contributed by atoms with E-state index in [2.05, 4.69) is 32.8 Å². The maximum absolute atomic E-state index is 5.69. The molecule has 4 heteroatoms. The van der Waals surface area contributed by atoms with Crippen LogP contribution in [0.15, 0.2) is 10.7 Å². The zero-order valence-corrected chi connectivity index (χ0v) is 11.3. The predicted molar refractivity (Wildman–Crippen MR) is 64.1 cm³/mol. The maximum Gasteiger partial charge on any atom is 0.218 e. The van der Waals surface area contributed by atoms with Crippen molar-refractivity contribution >= 4 is 15.9 Å². The molecule has 0 aliphatic heterocycles. The van der Waals surface area contributed by atoms with Crippen molar-refractivity contribution in [3.63, 3.8) is 0 Å². The van der Waals surface area contributed by atoms with Crippen LogP contribution in [0.3, 0.4) is 0 Å². The van der Waals surface area contributed by atoms with Crippen molar-refractivity contribution < 1.29 is 4.74 Å². The smallest absolute Gasteiger partial charge is 0.218 e. The molecule has 0 atom stereocenters. The van der Waals surface area contributed by atoms with Gasteiger partial charge in [-0.25, -0.2) is 4.98 Å². The maximum atomic E-state index is 5.69. The van der Waals surface area contributed by atoms with Crippen LogP contribution < -0.4 is 4.74 Å². The predicted octanol–water partition coefficient (Wildman–Crippen LogP) is 3.37. The molecule has 1 rings (SSSR count). The third kappa shape index (κ3) is 4.60. The minimum Gasteiger partial charge on any atom is -0.472 e.